The van der Waals surface area contributed by atoms with Crippen molar-refractivity contribution < 1.29 is 0 Å². The van der Waals surface area contributed by atoms with Crippen LogP contribution in [-0.2, 0) is 0 Å². The summed E-state index contributed by atoms with van der Waals surface area (Å²) in [5.74, 6) is 1.32. The van der Waals surface area contributed by atoms with Gasteiger partial charge >= 0.3 is 0 Å². The molecule has 0 unspecified atom stereocenters. The molecule has 0 bridgehead atoms. The molecule has 3 rings (SSSR count). The Balaban J connectivity index is 1.73. The summed E-state index contributed by atoms with van der Waals surface area (Å²) in [5.41, 5.74) is 5.55. The topological polar surface area (TPSA) is 56.3 Å². The van der Waals surface area contributed by atoms with Crippen LogP contribution in [0.4, 0.5) is 34.5 Å². The lowest BCUT2D eigenvalue weighted by atomic mass is 10.1. The second-order valence-corrected chi connectivity index (χ2v) is 7.13. The maximum atomic E-state index is 4.60. The van der Waals surface area contributed by atoms with E-state index in [0.29, 0.717) is 5.95 Å². The summed E-state index contributed by atoms with van der Waals surface area (Å²) in [5, 5.41) is 6.67. The van der Waals surface area contributed by atoms with Gasteiger partial charge in [0.15, 0.2) is 0 Å². The van der Waals surface area contributed by atoms with Gasteiger partial charge in [0.2, 0.25) is 5.95 Å². The number of nitrogens with one attached hydrogen (secondary N) is 2. The Kier molecular flexibility index (Phi) is 6.54. The predicted octanol–water partition coefficient (Wildman–Crippen LogP) is 5.18. The molecule has 0 fully saturated rings. The van der Waals surface area contributed by atoms with Crippen molar-refractivity contribution in [1.82, 2.24) is 9.97 Å². The Morgan fingerprint density at radius 2 is 1.55 bits per heavy atom. The molecule has 0 radical (unpaired) electrons. The minimum atomic E-state index is 0.568. The highest BCUT2D eigenvalue weighted by molar-refractivity contribution is 5.66. The summed E-state index contributed by atoms with van der Waals surface area (Å²) in [6, 6.07) is 16.5. The van der Waals surface area contributed by atoms with Crippen LogP contribution in [0.2, 0.25) is 0 Å². The average Bonchev–Trinajstić information content (AvgIpc) is 2.71. The van der Waals surface area contributed by atoms with Crippen molar-refractivity contribution >= 4 is 34.5 Å². The molecule has 0 saturated heterocycles. The molecule has 3 aromatic rings. The zero-order valence-corrected chi connectivity index (χ0v) is 17.9. The van der Waals surface area contributed by atoms with Gasteiger partial charge in [-0.1, -0.05) is 0 Å². The quantitative estimate of drug-likeness (QED) is 0.552. The van der Waals surface area contributed by atoms with E-state index in [-0.39, 0.29) is 0 Å². The Bertz CT molecular complexity index is 932. The number of hydrogen-bond donors (Lipinski definition) is 2. The summed E-state index contributed by atoms with van der Waals surface area (Å²) >= 11 is 0. The molecule has 0 aliphatic carbocycles. The number of rotatable bonds is 8. The fourth-order valence-electron chi connectivity index (χ4n) is 3.17. The van der Waals surface area contributed by atoms with Gasteiger partial charge in [0.1, 0.15) is 5.82 Å². The number of benzene rings is 2. The molecule has 152 valence electrons. The molecule has 0 aliphatic heterocycles. The van der Waals surface area contributed by atoms with E-state index in [0.717, 1.165) is 41.5 Å². The van der Waals surface area contributed by atoms with Crippen LogP contribution in [0.15, 0.2) is 54.7 Å². The van der Waals surface area contributed by atoms with Gasteiger partial charge in [0.05, 0.1) is 0 Å². The Labute approximate surface area is 173 Å². The summed E-state index contributed by atoms with van der Waals surface area (Å²) < 4.78 is 0. The Morgan fingerprint density at radius 1 is 0.862 bits per heavy atom. The lowest BCUT2D eigenvalue weighted by Crippen LogP contribution is -2.21. The van der Waals surface area contributed by atoms with Crippen LogP contribution < -0.4 is 20.4 Å². The van der Waals surface area contributed by atoms with Crippen molar-refractivity contribution in [1.29, 1.82) is 0 Å². The van der Waals surface area contributed by atoms with Crippen LogP contribution in [0.3, 0.4) is 0 Å². The van der Waals surface area contributed by atoms with E-state index < -0.39 is 0 Å². The normalized spacial score (nSPS) is 10.5. The standard InChI is InChI=1S/C23H30N6/c1-6-29(7-2)20-12-13-21(17(3)16-20)26-23-24-15-14-22(27-23)25-18-8-10-19(11-9-18)28(4)5/h8-16H,6-7H2,1-5H3,(H2,24,25,26,27). The molecule has 0 aliphatic rings. The van der Waals surface area contributed by atoms with E-state index >= 15 is 0 Å². The lowest BCUT2D eigenvalue weighted by Gasteiger charge is -2.22. The van der Waals surface area contributed by atoms with Gasteiger partial charge in [-0.25, -0.2) is 4.98 Å². The second-order valence-electron chi connectivity index (χ2n) is 7.13. The van der Waals surface area contributed by atoms with E-state index in [1.165, 1.54) is 5.69 Å². The van der Waals surface area contributed by atoms with E-state index in [1.54, 1.807) is 6.20 Å². The summed E-state index contributed by atoms with van der Waals surface area (Å²) in [6.07, 6.45) is 1.76. The van der Waals surface area contributed by atoms with E-state index in [2.05, 4.69) is 81.5 Å². The third-order valence-electron chi connectivity index (χ3n) is 4.90. The van der Waals surface area contributed by atoms with Crippen LogP contribution in [-0.4, -0.2) is 37.2 Å². The third kappa shape index (κ3) is 5.16. The lowest BCUT2D eigenvalue weighted by molar-refractivity contribution is 0.866. The van der Waals surface area contributed by atoms with Crippen molar-refractivity contribution in [3.8, 4) is 0 Å². The number of nitrogens with zero attached hydrogens (tertiary/aromatic N) is 4. The molecule has 1 heterocycles. The molecule has 2 aromatic carbocycles. The average molecular weight is 391 g/mol. The highest BCUT2D eigenvalue weighted by Crippen LogP contribution is 2.25. The van der Waals surface area contributed by atoms with E-state index in [9.17, 15) is 0 Å². The van der Waals surface area contributed by atoms with Gasteiger partial charge in [-0.3, -0.25) is 0 Å². The smallest absolute Gasteiger partial charge is 0.229 e. The van der Waals surface area contributed by atoms with Crippen molar-refractivity contribution in [2.45, 2.75) is 20.8 Å². The molecule has 1 aromatic heterocycles. The van der Waals surface area contributed by atoms with Crippen LogP contribution in [0.25, 0.3) is 0 Å². The fourth-order valence-corrected chi connectivity index (χ4v) is 3.17. The van der Waals surface area contributed by atoms with Gasteiger partial charge < -0.3 is 20.4 Å². The third-order valence-corrected chi connectivity index (χ3v) is 4.90. The summed E-state index contributed by atoms with van der Waals surface area (Å²) in [7, 11) is 4.06. The molecule has 29 heavy (non-hydrogen) atoms. The fraction of sp³-hybridized carbons (Fsp3) is 0.304. The molecule has 2 N–H and O–H groups in total. The summed E-state index contributed by atoms with van der Waals surface area (Å²) in [4.78, 5) is 13.4. The van der Waals surface area contributed by atoms with E-state index in [4.69, 9.17) is 0 Å². The van der Waals surface area contributed by atoms with Crippen molar-refractivity contribution in [3.63, 3.8) is 0 Å². The van der Waals surface area contributed by atoms with E-state index in [1.807, 2.05) is 32.3 Å². The monoisotopic (exact) mass is 390 g/mol. The largest absolute Gasteiger partial charge is 0.378 e. The molecule has 0 atom stereocenters. The molecule has 0 amide bonds. The predicted molar refractivity (Wildman–Crippen MR) is 124 cm³/mol. The van der Waals surface area contributed by atoms with Gasteiger partial charge in [-0.15, -0.1) is 0 Å². The molecule has 0 spiro atoms. The van der Waals surface area contributed by atoms with Crippen molar-refractivity contribution in [2.24, 2.45) is 0 Å². The van der Waals surface area contributed by atoms with Crippen LogP contribution >= 0.6 is 0 Å². The Morgan fingerprint density at radius 3 is 2.17 bits per heavy atom. The van der Waals surface area contributed by atoms with Crippen LogP contribution in [0, 0.1) is 6.92 Å². The first-order valence-electron chi connectivity index (χ1n) is 10.00. The minimum Gasteiger partial charge on any atom is -0.378 e. The number of aryl methyl sites for hydroxylation is 1. The van der Waals surface area contributed by atoms with Gasteiger partial charge in [0.25, 0.3) is 0 Å². The van der Waals surface area contributed by atoms with Crippen LogP contribution in [0.1, 0.15) is 19.4 Å². The SMILES string of the molecule is CCN(CC)c1ccc(Nc2nccc(Nc3ccc(N(C)C)cc3)n2)c(C)c1. The van der Waals surface area contributed by atoms with Gasteiger partial charge in [-0.2, -0.15) is 4.98 Å². The molecular formula is C23H30N6. The number of anilines is 6. The molecule has 6 heteroatoms. The zero-order valence-electron chi connectivity index (χ0n) is 17.9. The second kappa shape index (κ2) is 9.28. The first-order chi connectivity index (χ1) is 14.0. The first-order valence-corrected chi connectivity index (χ1v) is 10.00. The highest BCUT2D eigenvalue weighted by Gasteiger charge is 2.07. The zero-order chi connectivity index (χ0) is 20.8. The number of aromatic nitrogens is 2. The molecular weight excluding hydrogens is 360 g/mol. The first kappa shape index (κ1) is 20.5. The van der Waals surface area contributed by atoms with Crippen molar-refractivity contribution in [3.05, 3.63) is 60.3 Å². The number of hydrogen-bond acceptors (Lipinski definition) is 6. The highest BCUT2D eigenvalue weighted by atomic mass is 15.1. The minimum absolute atomic E-state index is 0.568. The maximum absolute atomic E-state index is 4.60. The molecule has 0 saturated carbocycles. The maximum Gasteiger partial charge on any atom is 0.229 e. The van der Waals surface area contributed by atoms with Gasteiger partial charge in [-0.05, 0) is 74.9 Å². The van der Waals surface area contributed by atoms with Gasteiger partial charge in [0, 0.05) is 56.1 Å². The Hall–Kier alpha value is -3.28. The van der Waals surface area contributed by atoms with Crippen molar-refractivity contribution in [2.75, 3.05) is 47.6 Å². The van der Waals surface area contributed by atoms with Crippen LogP contribution in [0.5, 0.6) is 0 Å². The molecule has 6 nitrogen and oxygen atoms in total. The summed E-state index contributed by atoms with van der Waals surface area (Å²) in [6.45, 7) is 8.44.